The van der Waals surface area contributed by atoms with Gasteiger partial charge in [-0.1, -0.05) is 18.2 Å². The number of amides is 1. The number of halogens is 1. The topological polar surface area (TPSA) is 64.3 Å². The smallest absolute Gasteiger partial charge is 0.258 e. The van der Waals surface area contributed by atoms with Crippen LogP contribution in [0.5, 0.6) is 5.75 Å². The highest BCUT2D eigenvalue weighted by Crippen LogP contribution is 2.15. The molecule has 0 bridgehead atoms. The summed E-state index contributed by atoms with van der Waals surface area (Å²) in [7, 11) is 0. The number of anilines is 1. The summed E-state index contributed by atoms with van der Waals surface area (Å²) in [6.07, 6.45) is 0. The van der Waals surface area contributed by atoms with E-state index in [1.807, 2.05) is 0 Å². The Labute approximate surface area is 122 Å². The van der Waals surface area contributed by atoms with Crippen LogP contribution in [0.4, 0.5) is 10.1 Å². The first kappa shape index (κ1) is 14.8. The highest BCUT2D eigenvalue weighted by atomic mass is 19.1. The van der Waals surface area contributed by atoms with Gasteiger partial charge in [-0.2, -0.15) is 0 Å². The molecule has 0 saturated carbocycles. The zero-order chi connectivity index (χ0) is 15.2. The molecule has 110 valence electrons. The van der Waals surface area contributed by atoms with Crippen LogP contribution in [0.3, 0.4) is 0 Å². The first-order chi connectivity index (χ1) is 10.0. The molecule has 3 N–H and O–H groups in total. The van der Waals surface area contributed by atoms with Crippen LogP contribution in [0.25, 0.3) is 0 Å². The molecule has 21 heavy (non-hydrogen) atoms. The SMILES string of the molecule is CC(NC(=O)COc1cccc(N)c1)c1cccc(F)c1. The lowest BCUT2D eigenvalue weighted by Crippen LogP contribution is -2.31. The molecule has 4 nitrogen and oxygen atoms in total. The molecule has 1 amide bonds. The van der Waals surface area contributed by atoms with Crippen molar-refractivity contribution < 1.29 is 13.9 Å². The maximum atomic E-state index is 13.1. The molecule has 0 fully saturated rings. The van der Waals surface area contributed by atoms with Crippen molar-refractivity contribution in [2.24, 2.45) is 0 Å². The zero-order valence-electron chi connectivity index (χ0n) is 11.7. The average molecular weight is 288 g/mol. The van der Waals surface area contributed by atoms with E-state index in [0.717, 1.165) is 0 Å². The fourth-order valence-electron chi connectivity index (χ4n) is 1.90. The Bertz CT molecular complexity index is 631. The molecule has 0 aliphatic heterocycles. The number of benzene rings is 2. The summed E-state index contributed by atoms with van der Waals surface area (Å²) >= 11 is 0. The van der Waals surface area contributed by atoms with Crippen molar-refractivity contribution in [2.75, 3.05) is 12.3 Å². The summed E-state index contributed by atoms with van der Waals surface area (Å²) in [5.41, 5.74) is 6.89. The maximum Gasteiger partial charge on any atom is 0.258 e. The van der Waals surface area contributed by atoms with Crippen LogP contribution in [0.15, 0.2) is 48.5 Å². The summed E-state index contributed by atoms with van der Waals surface area (Å²) < 4.78 is 18.5. The van der Waals surface area contributed by atoms with Crippen molar-refractivity contribution in [2.45, 2.75) is 13.0 Å². The van der Waals surface area contributed by atoms with Gasteiger partial charge in [0.2, 0.25) is 0 Å². The lowest BCUT2D eigenvalue weighted by Gasteiger charge is -2.15. The molecule has 0 aromatic heterocycles. The van der Waals surface area contributed by atoms with Gasteiger partial charge >= 0.3 is 0 Å². The van der Waals surface area contributed by atoms with Crippen LogP contribution in [0.2, 0.25) is 0 Å². The third kappa shape index (κ3) is 4.49. The highest BCUT2D eigenvalue weighted by molar-refractivity contribution is 5.78. The molecule has 1 unspecified atom stereocenters. The van der Waals surface area contributed by atoms with Crippen molar-refractivity contribution >= 4 is 11.6 Å². The van der Waals surface area contributed by atoms with Gasteiger partial charge in [0.05, 0.1) is 6.04 Å². The first-order valence-electron chi connectivity index (χ1n) is 6.58. The van der Waals surface area contributed by atoms with E-state index in [-0.39, 0.29) is 24.4 Å². The standard InChI is InChI=1S/C16H17FN2O2/c1-11(12-4-2-5-13(17)8-12)19-16(20)10-21-15-7-3-6-14(18)9-15/h2-9,11H,10,18H2,1H3,(H,19,20). The van der Waals surface area contributed by atoms with E-state index in [0.29, 0.717) is 17.0 Å². The lowest BCUT2D eigenvalue weighted by molar-refractivity contribution is -0.123. The summed E-state index contributed by atoms with van der Waals surface area (Å²) in [6, 6.07) is 12.7. The van der Waals surface area contributed by atoms with Gasteiger partial charge in [0, 0.05) is 11.8 Å². The second-order valence-corrected chi connectivity index (χ2v) is 4.71. The van der Waals surface area contributed by atoms with Gasteiger partial charge < -0.3 is 15.8 Å². The van der Waals surface area contributed by atoms with Crippen molar-refractivity contribution in [3.8, 4) is 5.75 Å². The van der Waals surface area contributed by atoms with Gasteiger partial charge in [0.25, 0.3) is 5.91 Å². The number of hydrogen-bond donors (Lipinski definition) is 2. The molecule has 2 rings (SSSR count). The number of hydrogen-bond acceptors (Lipinski definition) is 3. The van der Waals surface area contributed by atoms with E-state index in [1.165, 1.54) is 12.1 Å². The molecule has 0 aliphatic rings. The average Bonchev–Trinajstić information content (AvgIpc) is 2.45. The zero-order valence-corrected chi connectivity index (χ0v) is 11.7. The molecule has 0 heterocycles. The second-order valence-electron chi connectivity index (χ2n) is 4.71. The number of rotatable bonds is 5. The Morgan fingerprint density at radius 1 is 1.29 bits per heavy atom. The van der Waals surface area contributed by atoms with Crippen LogP contribution < -0.4 is 15.8 Å². The molecule has 1 atom stereocenters. The monoisotopic (exact) mass is 288 g/mol. The van der Waals surface area contributed by atoms with Gasteiger partial charge in [-0.3, -0.25) is 4.79 Å². The molecule has 5 heteroatoms. The molecule has 2 aromatic carbocycles. The van der Waals surface area contributed by atoms with Gasteiger partial charge in [-0.15, -0.1) is 0 Å². The van der Waals surface area contributed by atoms with E-state index in [2.05, 4.69) is 5.32 Å². The Hall–Kier alpha value is -2.56. The number of nitrogens with two attached hydrogens (primary N) is 1. The van der Waals surface area contributed by atoms with Crippen LogP contribution in [-0.2, 0) is 4.79 Å². The minimum absolute atomic E-state index is 0.122. The summed E-state index contributed by atoms with van der Waals surface area (Å²) in [5.74, 6) is -0.0812. The third-order valence-electron chi connectivity index (χ3n) is 2.95. The van der Waals surface area contributed by atoms with Gasteiger partial charge in [0.1, 0.15) is 11.6 Å². The lowest BCUT2D eigenvalue weighted by atomic mass is 10.1. The maximum absolute atomic E-state index is 13.1. The molecule has 0 radical (unpaired) electrons. The molecule has 2 aromatic rings. The minimum atomic E-state index is -0.329. The number of ether oxygens (including phenoxy) is 1. The van der Waals surface area contributed by atoms with Crippen LogP contribution >= 0.6 is 0 Å². The number of carbonyl (C=O) groups is 1. The Balaban J connectivity index is 1.87. The minimum Gasteiger partial charge on any atom is -0.484 e. The van der Waals surface area contributed by atoms with Crippen LogP contribution in [0, 0.1) is 5.82 Å². The van der Waals surface area contributed by atoms with E-state index in [9.17, 15) is 9.18 Å². The third-order valence-corrected chi connectivity index (χ3v) is 2.95. The van der Waals surface area contributed by atoms with Crippen molar-refractivity contribution in [1.29, 1.82) is 0 Å². The van der Waals surface area contributed by atoms with E-state index < -0.39 is 0 Å². The number of carbonyl (C=O) groups excluding carboxylic acids is 1. The predicted octanol–water partition coefficient (Wildman–Crippen LogP) is 2.66. The Morgan fingerprint density at radius 2 is 2.05 bits per heavy atom. The highest BCUT2D eigenvalue weighted by Gasteiger charge is 2.10. The molecule has 0 aliphatic carbocycles. The second kappa shape index (κ2) is 6.74. The van der Waals surface area contributed by atoms with Gasteiger partial charge in [0.15, 0.2) is 6.61 Å². The van der Waals surface area contributed by atoms with Crippen LogP contribution in [-0.4, -0.2) is 12.5 Å². The summed E-state index contributed by atoms with van der Waals surface area (Å²) in [6.45, 7) is 1.66. The summed E-state index contributed by atoms with van der Waals surface area (Å²) in [5, 5.41) is 2.75. The van der Waals surface area contributed by atoms with E-state index in [4.69, 9.17) is 10.5 Å². The van der Waals surface area contributed by atoms with E-state index in [1.54, 1.807) is 43.3 Å². The largest absolute Gasteiger partial charge is 0.484 e. The molecular formula is C16H17FN2O2. The van der Waals surface area contributed by atoms with Crippen molar-refractivity contribution in [1.82, 2.24) is 5.32 Å². The van der Waals surface area contributed by atoms with Gasteiger partial charge in [-0.05, 0) is 36.8 Å². The Morgan fingerprint density at radius 3 is 2.76 bits per heavy atom. The number of nitrogen functional groups attached to an aromatic ring is 1. The molecule has 0 saturated heterocycles. The number of nitrogens with one attached hydrogen (secondary N) is 1. The van der Waals surface area contributed by atoms with Gasteiger partial charge in [-0.25, -0.2) is 4.39 Å². The summed E-state index contributed by atoms with van der Waals surface area (Å²) in [4.78, 5) is 11.8. The van der Waals surface area contributed by atoms with Crippen LogP contribution in [0.1, 0.15) is 18.5 Å². The predicted molar refractivity (Wildman–Crippen MR) is 79.3 cm³/mol. The fourth-order valence-corrected chi connectivity index (χ4v) is 1.90. The Kier molecular flexibility index (Phi) is 4.77. The first-order valence-corrected chi connectivity index (χ1v) is 6.58. The molecular weight excluding hydrogens is 271 g/mol. The molecule has 0 spiro atoms. The van der Waals surface area contributed by atoms with E-state index >= 15 is 0 Å². The quantitative estimate of drug-likeness (QED) is 0.831. The normalized spacial score (nSPS) is 11.7. The van der Waals surface area contributed by atoms with Crippen molar-refractivity contribution in [3.05, 3.63) is 59.9 Å². The van der Waals surface area contributed by atoms with Crippen molar-refractivity contribution in [3.63, 3.8) is 0 Å². The fraction of sp³-hybridized carbons (Fsp3) is 0.188.